The zero-order chi connectivity index (χ0) is 11.2. The number of hydrogen-bond acceptors (Lipinski definition) is 5. The number of hydrogen-bond donors (Lipinski definition) is 0. The van der Waals surface area contributed by atoms with E-state index in [1.54, 1.807) is 34.6 Å². The van der Waals surface area contributed by atoms with Crippen LogP contribution in [0.25, 0.3) is 0 Å². The zero-order valence-corrected chi connectivity index (χ0v) is 10.3. The predicted octanol–water partition coefficient (Wildman–Crippen LogP) is 2.91. The van der Waals surface area contributed by atoms with Crippen molar-refractivity contribution in [2.75, 3.05) is 13.2 Å². The lowest BCUT2D eigenvalue weighted by Gasteiger charge is -2.24. The molecule has 1 unspecified atom stereocenters. The van der Waals surface area contributed by atoms with E-state index in [1.807, 2.05) is 0 Å². The quantitative estimate of drug-likeness (QED) is 0.396. The molecular weight excluding hydrogens is 207 g/mol. The summed E-state index contributed by atoms with van der Waals surface area (Å²) in [5.74, 6) is 0. The average molecular weight is 226 g/mol. The molecule has 0 spiro atoms. The second-order valence-electron chi connectivity index (χ2n) is 3.55. The molecule has 5 nitrogen and oxygen atoms in total. The van der Waals surface area contributed by atoms with E-state index < -0.39 is 13.4 Å². The fraction of sp³-hybridized carbons (Fsp3) is 1.00. The Kier molecular flexibility index (Phi) is 5.86. The molecule has 0 rings (SSSR count). The number of rotatable bonds is 6. The average Bonchev–Trinajstić information content (AvgIpc) is 1.98. The van der Waals surface area contributed by atoms with Gasteiger partial charge in [-0.3, -0.25) is 9.05 Å². The molecule has 0 bridgehead atoms. The van der Waals surface area contributed by atoms with Crippen molar-refractivity contribution in [2.24, 2.45) is 0 Å². The van der Waals surface area contributed by atoms with E-state index in [4.69, 9.17) is 9.05 Å². The van der Waals surface area contributed by atoms with Gasteiger partial charge in [0, 0.05) is 0 Å². The molecule has 0 aliphatic heterocycles. The van der Waals surface area contributed by atoms with Gasteiger partial charge in [-0.2, -0.15) is 0 Å². The topological polar surface area (TPSA) is 54.0 Å². The van der Waals surface area contributed by atoms with Crippen LogP contribution in [0.4, 0.5) is 0 Å². The highest BCUT2D eigenvalue weighted by Crippen LogP contribution is 2.52. The summed E-state index contributed by atoms with van der Waals surface area (Å²) in [6, 6.07) is 0. The van der Waals surface area contributed by atoms with Crippen molar-refractivity contribution in [1.29, 1.82) is 0 Å². The lowest BCUT2D eigenvalue weighted by molar-refractivity contribution is -0.226. The Balaban J connectivity index is 4.31. The van der Waals surface area contributed by atoms with Gasteiger partial charge in [0.1, 0.15) is 0 Å². The minimum Gasteiger partial charge on any atom is -0.286 e. The maximum atomic E-state index is 11.8. The minimum atomic E-state index is -3.58. The molecule has 0 amide bonds. The van der Waals surface area contributed by atoms with Gasteiger partial charge in [0.15, 0.2) is 0 Å². The van der Waals surface area contributed by atoms with Crippen molar-refractivity contribution >= 4 is 7.82 Å². The van der Waals surface area contributed by atoms with Gasteiger partial charge in [0.05, 0.1) is 18.8 Å². The molecule has 0 aromatic rings. The van der Waals surface area contributed by atoms with Crippen molar-refractivity contribution in [3.63, 3.8) is 0 Å². The summed E-state index contributed by atoms with van der Waals surface area (Å²) >= 11 is 0. The molecule has 0 heterocycles. The molecule has 0 aromatic heterocycles. The third-order valence-electron chi connectivity index (χ3n) is 0.935. The summed E-state index contributed by atoms with van der Waals surface area (Å²) in [7, 11) is -3.58. The molecule has 1 atom stereocenters. The number of phosphoric acid groups is 1. The maximum absolute atomic E-state index is 11.8. The van der Waals surface area contributed by atoms with Crippen molar-refractivity contribution in [3.8, 4) is 0 Å². The minimum absolute atomic E-state index is 0.237. The van der Waals surface area contributed by atoms with Crippen molar-refractivity contribution in [1.82, 2.24) is 0 Å². The first kappa shape index (κ1) is 14.1. The third-order valence-corrected chi connectivity index (χ3v) is 2.57. The molecule has 0 aliphatic rings. The van der Waals surface area contributed by atoms with Crippen LogP contribution >= 0.6 is 7.82 Å². The van der Waals surface area contributed by atoms with Crippen LogP contribution in [0.3, 0.4) is 0 Å². The van der Waals surface area contributed by atoms with E-state index in [0.29, 0.717) is 0 Å². The van der Waals surface area contributed by atoms with E-state index in [9.17, 15) is 4.57 Å². The first-order valence-corrected chi connectivity index (χ1v) is 6.05. The molecule has 0 saturated heterocycles. The molecule has 14 heavy (non-hydrogen) atoms. The first-order valence-electron chi connectivity index (χ1n) is 4.59. The van der Waals surface area contributed by atoms with Crippen LogP contribution in [0.1, 0.15) is 34.6 Å². The van der Waals surface area contributed by atoms with E-state index in [-0.39, 0.29) is 13.2 Å². The van der Waals surface area contributed by atoms with Crippen LogP contribution < -0.4 is 0 Å². The Morgan fingerprint density at radius 2 is 1.71 bits per heavy atom. The van der Waals surface area contributed by atoms with Gasteiger partial charge in [-0.05, 0) is 34.6 Å². The molecule has 0 fully saturated rings. The summed E-state index contributed by atoms with van der Waals surface area (Å²) < 4.78 is 26.4. The van der Waals surface area contributed by atoms with E-state index in [1.165, 1.54) is 0 Å². The Morgan fingerprint density at radius 1 is 1.14 bits per heavy atom. The van der Waals surface area contributed by atoms with Gasteiger partial charge in [0.25, 0.3) is 0 Å². The van der Waals surface area contributed by atoms with Gasteiger partial charge in [-0.15, -0.1) is 4.67 Å². The number of phosphoric ester groups is 1. The van der Waals surface area contributed by atoms with Gasteiger partial charge >= 0.3 is 7.82 Å². The van der Waals surface area contributed by atoms with Crippen LogP contribution in [0.2, 0.25) is 0 Å². The molecule has 0 aromatic carbocycles. The van der Waals surface area contributed by atoms with Gasteiger partial charge in [0.2, 0.25) is 0 Å². The molecular formula is C8H19O5P. The van der Waals surface area contributed by atoms with Gasteiger partial charge in [-0.1, -0.05) is 0 Å². The lowest BCUT2D eigenvalue weighted by Crippen LogP contribution is -2.19. The molecule has 0 saturated carbocycles. The highest BCUT2D eigenvalue weighted by molar-refractivity contribution is 7.48. The lowest BCUT2D eigenvalue weighted by atomic mass is 10.2. The van der Waals surface area contributed by atoms with Crippen LogP contribution in [0, 0.1) is 0 Å². The summed E-state index contributed by atoms with van der Waals surface area (Å²) in [6.45, 7) is 9.21. The van der Waals surface area contributed by atoms with Crippen LogP contribution in [0.15, 0.2) is 0 Å². The van der Waals surface area contributed by atoms with Crippen LogP contribution in [-0.4, -0.2) is 18.8 Å². The molecule has 0 N–H and O–H groups in total. The highest BCUT2D eigenvalue weighted by atomic mass is 31.2. The standard InChI is InChI=1S/C8H19O5P/c1-6-10-13-14(9,11-7-2)12-8(3,4)5/h6-7H2,1-5H3. The smallest absolute Gasteiger partial charge is 0.286 e. The van der Waals surface area contributed by atoms with Crippen LogP contribution in [0.5, 0.6) is 0 Å². The SMILES string of the molecule is CCOOP(=O)(OCC)OC(C)(C)C. The largest absolute Gasteiger partial charge is 0.502 e. The van der Waals surface area contributed by atoms with E-state index in [0.717, 1.165) is 0 Å². The fourth-order valence-corrected chi connectivity index (χ4v) is 2.02. The first-order chi connectivity index (χ1) is 6.33. The second kappa shape index (κ2) is 5.83. The Labute approximate surface area is 85.2 Å². The van der Waals surface area contributed by atoms with Crippen molar-refractivity contribution in [3.05, 3.63) is 0 Å². The van der Waals surface area contributed by atoms with Crippen molar-refractivity contribution < 1.29 is 23.2 Å². The van der Waals surface area contributed by atoms with E-state index in [2.05, 4.69) is 9.56 Å². The summed E-state index contributed by atoms with van der Waals surface area (Å²) in [5, 5.41) is 0. The summed E-state index contributed by atoms with van der Waals surface area (Å²) in [6.07, 6.45) is 0. The Hall–Kier alpha value is 0.0700. The summed E-state index contributed by atoms with van der Waals surface area (Å²) in [4.78, 5) is 4.58. The van der Waals surface area contributed by atoms with Gasteiger partial charge in [-0.25, -0.2) is 9.45 Å². The fourth-order valence-electron chi connectivity index (χ4n) is 0.674. The van der Waals surface area contributed by atoms with E-state index >= 15 is 0 Å². The molecule has 86 valence electrons. The molecule has 0 radical (unpaired) electrons. The predicted molar refractivity (Wildman–Crippen MR) is 52.8 cm³/mol. The third kappa shape index (κ3) is 6.51. The zero-order valence-electron chi connectivity index (χ0n) is 9.40. The maximum Gasteiger partial charge on any atom is 0.502 e. The van der Waals surface area contributed by atoms with Crippen molar-refractivity contribution in [2.45, 2.75) is 40.2 Å². The second-order valence-corrected chi connectivity index (χ2v) is 5.03. The van der Waals surface area contributed by atoms with Gasteiger partial charge < -0.3 is 0 Å². The normalized spacial score (nSPS) is 16.6. The molecule has 0 aliphatic carbocycles. The highest BCUT2D eigenvalue weighted by Gasteiger charge is 2.33. The van der Waals surface area contributed by atoms with Crippen LogP contribution in [-0.2, 0) is 23.2 Å². The monoisotopic (exact) mass is 226 g/mol. The Morgan fingerprint density at radius 3 is 2.07 bits per heavy atom. The summed E-state index contributed by atoms with van der Waals surface area (Å²) in [5.41, 5.74) is -0.609. The molecule has 6 heteroatoms. The Bertz CT molecular complexity index is 198.